The highest BCUT2D eigenvalue weighted by atomic mass is 16.5. The van der Waals surface area contributed by atoms with Gasteiger partial charge in [-0.3, -0.25) is 9.88 Å². The minimum absolute atomic E-state index is 0.480. The minimum atomic E-state index is 0.480. The van der Waals surface area contributed by atoms with Gasteiger partial charge in [0.05, 0.1) is 6.61 Å². The van der Waals surface area contributed by atoms with Gasteiger partial charge >= 0.3 is 0 Å². The quantitative estimate of drug-likeness (QED) is 0.372. The number of methoxy groups -OCH3 is 1. The van der Waals surface area contributed by atoms with Crippen molar-refractivity contribution in [1.29, 1.82) is 0 Å². The molecule has 2 atom stereocenters. The second-order valence-electron chi connectivity index (χ2n) is 9.42. The van der Waals surface area contributed by atoms with Gasteiger partial charge in [-0.25, -0.2) is 0 Å². The van der Waals surface area contributed by atoms with E-state index in [0.29, 0.717) is 12.0 Å². The van der Waals surface area contributed by atoms with Gasteiger partial charge in [0.1, 0.15) is 0 Å². The lowest BCUT2D eigenvalue weighted by Crippen LogP contribution is -2.56. The van der Waals surface area contributed by atoms with Crippen molar-refractivity contribution in [3.05, 3.63) is 89.7 Å². The van der Waals surface area contributed by atoms with Gasteiger partial charge < -0.3 is 9.64 Å². The maximum Gasteiger partial charge on any atom is 0.0624 e. The third-order valence-corrected chi connectivity index (χ3v) is 6.80. The predicted octanol–water partition coefficient (Wildman–Crippen LogP) is 5.38. The average Bonchev–Trinajstić information content (AvgIpc) is 2.82. The lowest BCUT2D eigenvalue weighted by molar-refractivity contribution is 0.000327. The number of hydrogen-bond acceptors (Lipinski definition) is 4. The van der Waals surface area contributed by atoms with Gasteiger partial charge in [-0.15, -0.1) is 0 Å². The Labute approximate surface area is 199 Å². The second kappa shape index (κ2) is 11.6. The smallest absolute Gasteiger partial charge is 0.0624 e. The van der Waals surface area contributed by atoms with E-state index in [-0.39, 0.29) is 0 Å². The van der Waals surface area contributed by atoms with E-state index < -0.39 is 0 Å². The third kappa shape index (κ3) is 6.29. The number of ether oxygens (including phenoxy) is 1. The molecule has 0 amide bonds. The number of aromatic nitrogens is 1. The van der Waals surface area contributed by atoms with Crippen LogP contribution in [0, 0.1) is 6.92 Å². The molecule has 0 unspecified atom stereocenters. The molecule has 0 N–H and O–H groups in total. The van der Waals surface area contributed by atoms with E-state index in [1.165, 1.54) is 40.7 Å². The zero-order valence-corrected chi connectivity index (χ0v) is 20.3. The number of likely N-dealkylation sites (tertiary alicyclic amines) is 1. The molecule has 3 aromatic rings. The summed E-state index contributed by atoms with van der Waals surface area (Å²) in [5.74, 6) is 0.560. The highest BCUT2D eigenvalue weighted by molar-refractivity contribution is 5.64. The van der Waals surface area contributed by atoms with Crippen LogP contribution in [-0.4, -0.2) is 61.2 Å². The Morgan fingerprint density at radius 1 is 1.03 bits per heavy atom. The van der Waals surface area contributed by atoms with Gasteiger partial charge in [0.15, 0.2) is 0 Å². The first-order chi connectivity index (χ1) is 16.1. The molecule has 2 aromatic carbocycles. The van der Waals surface area contributed by atoms with E-state index in [0.717, 1.165) is 32.8 Å². The van der Waals surface area contributed by atoms with Gasteiger partial charge in [-0.2, -0.15) is 0 Å². The Bertz CT molecular complexity index is 989. The molecule has 1 aromatic heterocycles. The standard InChI is InChI=1S/C29H37N3O/c1-23-8-6-10-27(18-23)25-11-13-26(14-12-25)28-21-32(29(28)22-33-3)17-5-4-16-31(2)20-24-9-7-15-30-19-24/h6-15,18-19,28-29H,4-5,16-17,20-22H2,1-3H3/t28-,29+/m0/s1. The topological polar surface area (TPSA) is 28.6 Å². The van der Waals surface area contributed by atoms with Crippen molar-refractivity contribution in [3.63, 3.8) is 0 Å². The summed E-state index contributed by atoms with van der Waals surface area (Å²) in [6, 6.07) is 22.5. The molecule has 174 valence electrons. The third-order valence-electron chi connectivity index (χ3n) is 6.80. The zero-order valence-electron chi connectivity index (χ0n) is 20.3. The Morgan fingerprint density at radius 2 is 1.88 bits per heavy atom. The molecular formula is C29H37N3O. The fourth-order valence-electron chi connectivity index (χ4n) is 4.93. The number of hydrogen-bond donors (Lipinski definition) is 0. The van der Waals surface area contributed by atoms with Gasteiger partial charge in [0.2, 0.25) is 0 Å². The van der Waals surface area contributed by atoms with Gasteiger partial charge in [0.25, 0.3) is 0 Å². The van der Waals surface area contributed by atoms with Crippen molar-refractivity contribution in [1.82, 2.24) is 14.8 Å². The molecule has 0 aliphatic carbocycles. The van der Waals surface area contributed by atoms with Crippen LogP contribution in [0.2, 0.25) is 0 Å². The van der Waals surface area contributed by atoms with Crippen LogP contribution in [0.1, 0.15) is 35.4 Å². The molecule has 4 heteroatoms. The molecule has 1 fully saturated rings. The summed E-state index contributed by atoms with van der Waals surface area (Å²) < 4.78 is 5.59. The van der Waals surface area contributed by atoms with E-state index in [4.69, 9.17) is 4.74 Å². The molecule has 0 radical (unpaired) electrons. The first-order valence-corrected chi connectivity index (χ1v) is 12.1. The van der Waals surface area contributed by atoms with Gasteiger partial charge in [0, 0.05) is 44.6 Å². The molecule has 1 saturated heterocycles. The Hall–Kier alpha value is -2.53. The summed E-state index contributed by atoms with van der Waals surface area (Å²) in [4.78, 5) is 9.20. The molecular weight excluding hydrogens is 406 g/mol. The maximum absolute atomic E-state index is 5.59. The van der Waals surface area contributed by atoms with Crippen molar-refractivity contribution in [3.8, 4) is 11.1 Å². The lowest BCUT2D eigenvalue weighted by Gasteiger charge is -2.48. The molecule has 0 bridgehead atoms. The van der Waals surface area contributed by atoms with Crippen LogP contribution in [-0.2, 0) is 11.3 Å². The summed E-state index contributed by atoms with van der Waals surface area (Å²) >= 11 is 0. The van der Waals surface area contributed by atoms with Crippen LogP contribution in [0.5, 0.6) is 0 Å². The predicted molar refractivity (Wildman–Crippen MR) is 136 cm³/mol. The van der Waals surface area contributed by atoms with E-state index in [2.05, 4.69) is 83.4 Å². The van der Waals surface area contributed by atoms with Crippen LogP contribution in [0.25, 0.3) is 11.1 Å². The van der Waals surface area contributed by atoms with Crippen molar-refractivity contribution in [2.24, 2.45) is 0 Å². The monoisotopic (exact) mass is 443 g/mol. The summed E-state index contributed by atoms with van der Waals surface area (Å²) in [6.45, 7) is 7.29. The fourth-order valence-corrected chi connectivity index (χ4v) is 4.93. The van der Waals surface area contributed by atoms with Crippen LogP contribution >= 0.6 is 0 Å². The molecule has 4 rings (SSSR count). The summed E-state index contributed by atoms with van der Waals surface area (Å²) in [5.41, 5.74) is 6.59. The highest BCUT2D eigenvalue weighted by Crippen LogP contribution is 2.35. The van der Waals surface area contributed by atoms with Gasteiger partial charge in [-0.05, 0) is 68.2 Å². The highest BCUT2D eigenvalue weighted by Gasteiger charge is 2.39. The van der Waals surface area contributed by atoms with Gasteiger partial charge in [-0.1, -0.05) is 60.2 Å². The van der Waals surface area contributed by atoms with Crippen molar-refractivity contribution >= 4 is 0 Å². The van der Waals surface area contributed by atoms with Crippen molar-refractivity contribution in [2.75, 3.05) is 40.4 Å². The SMILES string of the molecule is COC[C@@H]1[C@H](c2ccc(-c3cccc(C)c3)cc2)CN1CCCCN(C)Cc1cccnc1. The second-order valence-corrected chi connectivity index (χ2v) is 9.42. The number of unbranched alkanes of at least 4 members (excludes halogenated alkanes) is 1. The maximum atomic E-state index is 5.59. The van der Waals surface area contributed by atoms with E-state index >= 15 is 0 Å². The van der Waals surface area contributed by atoms with Crippen LogP contribution in [0.15, 0.2) is 73.1 Å². The molecule has 1 aliphatic heterocycles. The molecule has 2 heterocycles. The number of benzene rings is 2. The van der Waals surface area contributed by atoms with Crippen LogP contribution in [0.3, 0.4) is 0 Å². The Kier molecular flexibility index (Phi) is 8.27. The summed E-state index contributed by atoms with van der Waals surface area (Å²) in [5, 5.41) is 0. The van der Waals surface area contributed by atoms with E-state index in [9.17, 15) is 0 Å². The molecule has 0 saturated carbocycles. The largest absolute Gasteiger partial charge is 0.383 e. The average molecular weight is 444 g/mol. The van der Waals surface area contributed by atoms with Crippen LogP contribution < -0.4 is 0 Å². The van der Waals surface area contributed by atoms with E-state index in [1.54, 1.807) is 0 Å². The first kappa shape index (κ1) is 23.6. The number of pyridine rings is 1. The van der Waals surface area contributed by atoms with Crippen LogP contribution in [0.4, 0.5) is 0 Å². The zero-order chi connectivity index (χ0) is 23.0. The normalized spacial score (nSPS) is 18.4. The molecule has 0 spiro atoms. The molecule has 33 heavy (non-hydrogen) atoms. The number of aryl methyl sites for hydroxylation is 1. The van der Waals surface area contributed by atoms with Crippen molar-refractivity contribution < 1.29 is 4.74 Å². The molecule has 1 aliphatic rings. The Morgan fingerprint density at radius 3 is 2.61 bits per heavy atom. The summed E-state index contributed by atoms with van der Waals surface area (Å²) in [6.07, 6.45) is 6.22. The van der Waals surface area contributed by atoms with Crippen molar-refractivity contribution in [2.45, 2.75) is 38.3 Å². The first-order valence-electron chi connectivity index (χ1n) is 12.1. The number of nitrogens with zero attached hydrogens (tertiary/aromatic N) is 3. The summed E-state index contributed by atoms with van der Waals surface area (Å²) in [7, 11) is 4.02. The Balaban J connectivity index is 1.25. The number of rotatable bonds is 11. The fraction of sp³-hybridized carbons (Fsp3) is 0.414. The minimum Gasteiger partial charge on any atom is -0.383 e. The molecule has 4 nitrogen and oxygen atoms in total. The van der Waals surface area contributed by atoms with E-state index in [1.807, 2.05) is 25.6 Å². The lowest BCUT2D eigenvalue weighted by atomic mass is 9.82.